The molecule has 0 fully saturated rings. The van der Waals surface area contributed by atoms with Crippen LogP contribution >= 0.6 is 0 Å². The smallest absolute Gasteiger partial charge is 0.331 e. The Morgan fingerprint density at radius 1 is 1.03 bits per heavy atom. The average Bonchev–Trinajstić information content (AvgIpc) is 2.79. The summed E-state index contributed by atoms with van der Waals surface area (Å²) in [6, 6.07) is 6.06. The molecule has 0 radical (unpaired) electrons. The van der Waals surface area contributed by atoms with Crippen molar-refractivity contribution in [2.45, 2.75) is 78.9 Å². The van der Waals surface area contributed by atoms with Crippen LogP contribution in [0, 0.1) is 11.3 Å². The van der Waals surface area contributed by atoms with Gasteiger partial charge in [0.2, 0.25) is 11.8 Å². The first-order valence-corrected chi connectivity index (χ1v) is 12.4. The third-order valence-corrected chi connectivity index (χ3v) is 6.80. The van der Waals surface area contributed by atoms with Gasteiger partial charge in [-0.25, -0.2) is 4.79 Å². The first-order chi connectivity index (χ1) is 16.5. The maximum absolute atomic E-state index is 13.7. The van der Waals surface area contributed by atoms with Gasteiger partial charge < -0.3 is 26.0 Å². The fourth-order valence-corrected chi connectivity index (χ4v) is 4.37. The zero-order valence-corrected chi connectivity index (χ0v) is 23.8. The van der Waals surface area contributed by atoms with E-state index in [2.05, 4.69) is 16.0 Å². The molecular formula is C28H46N4O4. The summed E-state index contributed by atoms with van der Waals surface area (Å²) in [7, 11) is 5.25. The molecule has 0 saturated carbocycles. The lowest BCUT2D eigenvalue weighted by Crippen LogP contribution is -2.61. The third-order valence-electron chi connectivity index (χ3n) is 6.80. The van der Waals surface area contributed by atoms with Crippen molar-refractivity contribution in [3.63, 3.8) is 0 Å². The molecule has 8 heteroatoms. The summed E-state index contributed by atoms with van der Waals surface area (Å²) in [6.07, 6.45) is 1.60. The van der Waals surface area contributed by atoms with Gasteiger partial charge in [-0.15, -0.1) is 0 Å². The molecule has 0 heterocycles. The Labute approximate surface area is 216 Å². The van der Waals surface area contributed by atoms with Crippen molar-refractivity contribution in [1.82, 2.24) is 15.5 Å². The number of likely N-dealkylation sites (N-methyl/N-ethyl adjacent to an activating group) is 2. The SMILES string of the molecule is CNc1cccc(C(C)(C)[C@@H](NC)C(=O)N[C@H](C(=O)N(C)[C@H](/C=C(\C)C(=O)O)C(C)C)C(C)(C)C)c1. The van der Waals surface area contributed by atoms with Crippen molar-refractivity contribution in [3.05, 3.63) is 41.5 Å². The quantitative estimate of drug-likeness (QED) is 0.344. The number of benzene rings is 1. The number of carbonyl (C=O) groups excluding carboxylic acids is 2. The molecule has 202 valence electrons. The molecule has 1 rings (SSSR count). The Bertz CT molecular complexity index is 963. The van der Waals surface area contributed by atoms with Crippen LogP contribution in [0.15, 0.2) is 35.9 Å². The van der Waals surface area contributed by atoms with E-state index in [0.717, 1.165) is 11.3 Å². The van der Waals surface area contributed by atoms with Crippen molar-refractivity contribution < 1.29 is 19.5 Å². The van der Waals surface area contributed by atoms with Crippen molar-refractivity contribution in [3.8, 4) is 0 Å². The van der Waals surface area contributed by atoms with Gasteiger partial charge in [-0.3, -0.25) is 9.59 Å². The molecule has 0 unspecified atom stereocenters. The Morgan fingerprint density at radius 2 is 1.61 bits per heavy atom. The highest BCUT2D eigenvalue weighted by Crippen LogP contribution is 2.30. The van der Waals surface area contributed by atoms with Crippen LogP contribution in [0.3, 0.4) is 0 Å². The molecule has 1 aromatic carbocycles. The second-order valence-electron chi connectivity index (χ2n) is 11.4. The Kier molecular flexibility index (Phi) is 10.7. The van der Waals surface area contributed by atoms with Crippen LogP contribution < -0.4 is 16.0 Å². The molecular weight excluding hydrogens is 456 g/mol. The van der Waals surface area contributed by atoms with Crippen molar-refractivity contribution in [2.24, 2.45) is 11.3 Å². The molecule has 0 aliphatic carbocycles. The van der Waals surface area contributed by atoms with E-state index in [1.807, 2.05) is 79.8 Å². The summed E-state index contributed by atoms with van der Waals surface area (Å²) in [5.41, 5.74) is 0.942. The predicted molar refractivity (Wildman–Crippen MR) is 146 cm³/mol. The fraction of sp³-hybridized carbons (Fsp3) is 0.607. The minimum Gasteiger partial charge on any atom is -0.478 e. The highest BCUT2D eigenvalue weighted by Gasteiger charge is 2.41. The summed E-state index contributed by atoms with van der Waals surface area (Å²) >= 11 is 0. The van der Waals surface area contributed by atoms with Gasteiger partial charge in [-0.2, -0.15) is 0 Å². The lowest BCUT2D eigenvalue weighted by molar-refractivity contribution is -0.141. The number of carboxylic acid groups (broad SMARTS) is 1. The number of nitrogens with one attached hydrogen (secondary N) is 3. The largest absolute Gasteiger partial charge is 0.478 e. The lowest BCUT2D eigenvalue weighted by atomic mass is 9.76. The van der Waals surface area contributed by atoms with E-state index < -0.39 is 34.9 Å². The number of rotatable bonds is 11. The minimum atomic E-state index is -1.02. The second-order valence-corrected chi connectivity index (χ2v) is 11.4. The number of amides is 2. The second kappa shape index (κ2) is 12.4. The summed E-state index contributed by atoms with van der Waals surface area (Å²) in [4.78, 5) is 40.3. The van der Waals surface area contributed by atoms with E-state index >= 15 is 0 Å². The van der Waals surface area contributed by atoms with Crippen LogP contribution in [-0.4, -0.2) is 67.1 Å². The van der Waals surface area contributed by atoms with Gasteiger partial charge in [-0.05, 0) is 43.0 Å². The predicted octanol–water partition coefficient (Wildman–Crippen LogP) is 3.64. The molecule has 36 heavy (non-hydrogen) atoms. The fourth-order valence-electron chi connectivity index (χ4n) is 4.37. The van der Waals surface area contributed by atoms with Crippen molar-refractivity contribution in [2.75, 3.05) is 26.5 Å². The molecule has 4 N–H and O–H groups in total. The summed E-state index contributed by atoms with van der Waals surface area (Å²) in [5.74, 6) is -1.59. The Hall–Kier alpha value is -2.87. The summed E-state index contributed by atoms with van der Waals surface area (Å²) < 4.78 is 0. The molecule has 8 nitrogen and oxygen atoms in total. The number of carboxylic acids is 1. The highest BCUT2D eigenvalue weighted by atomic mass is 16.4. The first-order valence-electron chi connectivity index (χ1n) is 12.4. The maximum Gasteiger partial charge on any atom is 0.331 e. The van der Waals surface area contributed by atoms with Gasteiger partial charge in [0.05, 0.1) is 12.1 Å². The third kappa shape index (κ3) is 7.56. The molecule has 0 bridgehead atoms. The van der Waals surface area contributed by atoms with Gasteiger partial charge in [0, 0.05) is 30.8 Å². The molecule has 0 aliphatic heterocycles. The summed E-state index contributed by atoms with van der Waals surface area (Å²) in [5, 5.41) is 18.6. The van der Waals surface area contributed by atoms with Crippen LogP contribution in [-0.2, 0) is 19.8 Å². The van der Waals surface area contributed by atoms with Crippen LogP contribution in [0.5, 0.6) is 0 Å². The lowest BCUT2D eigenvalue weighted by Gasteiger charge is -2.40. The van der Waals surface area contributed by atoms with Gasteiger partial charge in [-0.1, -0.05) is 66.7 Å². The zero-order chi connectivity index (χ0) is 28.0. The molecule has 0 aromatic heterocycles. The first kappa shape index (κ1) is 31.2. The van der Waals surface area contributed by atoms with Gasteiger partial charge >= 0.3 is 5.97 Å². The molecule has 2 amide bonds. The Balaban J connectivity index is 3.33. The summed E-state index contributed by atoms with van der Waals surface area (Å²) in [6.45, 7) is 15.1. The van der Waals surface area contributed by atoms with E-state index in [1.165, 1.54) is 6.92 Å². The molecule has 0 spiro atoms. The number of anilines is 1. The molecule has 1 aromatic rings. The number of aliphatic carboxylic acids is 1. The van der Waals surface area contributed by atoms with Crippen LogP contribution in [0.25, 0.3) is 0 Å². The van der Waals surface area contributed by atoms with Crippen molar-refractivity contribution >= 4 is 23.5 Å². The van der Waals surface area contributed by atoms with E-state index in [4.69, 9.17) is 0 Å². The monoisotopic (exact) mass is 502 g/mol. The highest BCUT2D eigenvalue weighted by molar-refractivity contribution is 5.91. The van der Waals surface area contributed by atoms with Gasteiger partial charge in [0.1, 0.15) is 6.04 Å². The number of nitrogens with zero attached hydrogens (tertiary/aromatic N) is 1. The molecule has 3 atom stereocenters. The van der Waals surface area contributed by atoms with E-state index in [1.54, 1.807) is 25.1 Å². The number of hydrogen-bond acceptors (Lipinski definition) is 5. The minimum absolute atomic E-state index is 0.0204. The van der Waals surface area contributed by atoms with E-state index in [0.29, 0.717) is 0 Å². The maximum atomic E-state index is 13.7. The molecule has 0 saturated heterocycles. The zero-order valence-electron chi connectivity index (χ0n) is 23.8. The van der Waals surface area contributed by atoms with E-state index in [9.17, 15) is 19.5 Å². The number of hydrogen-bond donors (Lipinski definition) is 4. The van der Waals surface area contributed by atoms with Crippen molar-refractivity contribution in [1.29, 1.82) is 0 Å². The van der Waals surface area contributed by atoms with Gasteiger partial charge in [0.25, 0.3) is 0 Å². The normalized spacial score (nSPS) is 15.2. The molecule has 0 aliphatic rings. The standard InChI is InChI=1S/C28H46N4O4/c1-17(2)21(15-18(3)26(35)36)32(11)25(34)23(27(4,5)6)31-24(33)22(30-10)28(7,8)19-13-12-14-20(16-19)29-9/h12-17,21-23,29-30H,1-11H3,(H,31,33)(H,35,36)/b18-15+/t21-,22+,23-/m1/s1. The average molecular weight is 503 g/mol. The Morgan fingerprint density at radius 3 is 2.06 bits per heavy atom. The van der Waals surface area contributed by atoms with Gasteiger partial charge in [0.15, 0.2) is 0 Å². The number of carbonyl (C=O) groups is 3. The van der Waals surface area contributed by atoms with Crippen LogP contribution in [0.2, 0.25) is 0 Å². The van der Waals surface area contributed by atoms with Crippen LogP contribution in [0.1, 0.15) is 61.0 Å². The van der Waals surface area contributed by atoms with Crippen LogP contribution in [0.4, 0.5) is 5.69 Å². The topological polar surface area (TPSA) is 111 Å². The van der Waals surface area contributed by atoms with E-state index in [-0.39, 0.29) is 23.3 Å².